The molecule has 0 bridgehead atoms. The molecule has 0 heterocycles. The fourth-order valence-corrected chi connectivity index (χ4v) is 4.15. The Kier molecular flexibility index (Phi) is 5.23. The SMILES string of the molecule is CCC(C1CCC(O)C(O)C1)C1CCC(O)C(O)C1. The molecule has 4 nitrogen and oxygen atoms in total. The summed E-state index contributed by atoms with van der Waals surface area (Å²) in [5.74, 6) is 1.37. The zero-order chi connectivity index (χ0) is 14.0. The highest BCUT2D eigenvalue weighted by molar-refractivity contribution is 4.89. The quantitative estimate of drug-likeness (QED) is 0.619. The van der Waals surface area contributed by atoms with Crippen molar-refractivity contribution in [2.24, 2.45) is 17.8 Å². The maximum absolute atomic E-state index is 9.85. The zero-order valence-corrected chi connectivity index (χ0v) is 11.8. The molecular formula is C15H28O4. The highest BCUT2D eigenvalue weighted by Gasteiger charge is 2.38. The first-order valence-corrected chi connectivity index (χ1v) is 7.75. The fourth-order valence-electron chi connectivity index (χ4n) is 4.15. The van der Waals surface area contributed by atoms with Crippen LogP contribution in [0.25, 0.3) is 0 Å². The van der Waals surface area contributed by atoms with E-state index in [1.54, 1.807) is 0 Å². The van der Waals surface area contributed by atoms with Crippen LogP contribution in [0.3, 0.4) is 0 Å². The van der Waals surface area contributed by atoms with E-state index < -0.39 is 24.4 Å². The first kappa shape index (κ1) is 15.2. The van der Waals surface area contributed by atoms with Crippen molar-refractivity contribution in [3.05, 3.63) is 0 Å². The Bertz CT molecular complexity index is 257. The average molecular weight is 272 g/mol. The van der Waals surface area contributed by atoms with E-state index in [-0.39, 0.29) is 0 Å². The number of hydrogen-bond donors (Lipinski definition) is 4. The van der Waals surface area contributed by atoms with Crippen LogP contribution in [0.2, 0.25) is 0 Å². The number of aliphatic hydroxyl groups excluding tert-OH is 4. The molecule has 0 aliphatic heterocycles. The predicted molar refractivity (Wildman–Crippen MR) is 72.5 cm³/mol. The molecule has 6 atom stereocenters. The molecule has 0 aromatic rings. The van der Waals surface area contributed by atoms with Gasteiger partial charge in [0, 0.05) is 0 Å². The summed E-state index contributed by atoms with van der Waals surface area (Å²) >= 11 is 0. The van der Waals surface area contributed by atoms with Crippen LogP contribution in [-0.2, 0) is 0 Å². The first-order valence-electron chi connectivity index (χ1n) is 7.75. The molecule has 2 aliphatic carbocycles. The second kappa shape index (κ2) is 6.53. The van der Waals surface area contributed by atoms with Gasteiger partial charge in [0.1, 0.15) is 0 Å². The van der Waals surface area contributed by atoms with E-state index in [0.717, 1.165) is 19.3 Å². The number of rotatable bonds is 3. The van der Waals surface area contributed by atoms with Crippen LogP contribution in [0.4, 0.5) is 0 Å². The standard InChI is InChI=1S/C15H28O4/c1-2-11(9-3-5-12(16)14(18)7-9)10-4-6-13(17)15(19)8-10/h9-19H,2-8H2,1H3. The Morgan fingerprint density at radius 2 is 1.16 bits per heavy atom. The lowest BCUT2D eigenvalue weighted by Gasteiger charge is -2.41. The molecule has 0 aromatic carbocycles. The molecule has 112 valence electrons. The van der Waals surface area contributed by atoms with Crippen LogP contribution in [0.1, 0.15) is 51.9 Å². The van der Waals surface area contributed by atoms with Gasteiger partial charge in [-0.25, -0.2) is 0 Å². The van der Waals surface area contributed by atoms with Gasteiger partial charge < -0.3 is 20.4 Å². The Balaban J connectivity index is 1.96. The largest absolute Gasteiger partial charge is 0.390 e. The van der Waals surface area contributed by atoms with Gasteiger partial charge in [0.05, 0.1) is 24.4 Å². The molecule has 0 radical (unpaired) electrons. The molecule has 0 amide bonds. The second-order valence-electron chi connectivity index (χ2n) is 6.49. The molecule has 4 N–H and O–H groups in total. The van der Waals surface area contributed by atoms with Crippen LogP contribution in [0.15, 0.2) is 0 Å². The molecule has 0 spiro atoms. The number of aliphatic hydroxyl groups is 4. The normalized spacial score (nSPS) is 45.9. The smallest absolute Gasteiger partial charge is 0.0801 e. The Labute approximate surface area is 115 Å². The maximum atomic E-state index is 9.85. The molecular weight excluding hydrogens is 244 g/mol. The van der Waals surface area contributed by atoms with Gasteiger partial charge in [-0.2, -0.15) is 0 Å². The van der Waals surface area contributed by atoms with E-state index in [0.29, 0.717) is 43.4 Å². The monoisotopic (exact) mass is 272 g/mol. The molecule has 2 aliphatic rings. The van der Waals surface area contributed by atoms with E-state index in [2.05, 4.69) is 6.92 Å². The summed E-state index contributed by atoms with van der Waals surface area (Å²) in [6.07, 6.45) is 3.38. The number of hydrogen-bond acceptors (Lipinski definition) is 4. The van der Waals surface area contributed by atoms with Crippen molar-refractivity contribution in [3.63, 3.8) is 0 Å². The summed E-state index contributed by atoms with van der Waals surface area (Å²) in [6.45, 7) is 2.17. The summed E-state index contributed by atoms with van der Waals surface area (Å²) in [7, 11) is 0. The predicted octanol–water partition coefficient (Wildman–Crippen LogP) is 1.06. The third-order valence-corrected chi connectivity index (χ3v) is 5.33. The zero-order valence-electron chi connectivity index (χ0n) is 11.8. The maximum Gasteiger partial charge on any atom is 0.0801 e. The first-order chi connectivity index (χ1) is 9.02. The van der Waals surface area contributed by atoms with Gasteiger partial charge in [-0.1, -0.05) is 13.3 Å². The van der Waals surface area contributed by atoms with Gasteiger partial charge in [0.15, 0.2) is 0 Å². The molecule has 0 saturated heterocycles. The van der Waals surface area contributed by atoms with Crippen molar-refractivity contribution >= 4 is 0 Å². The van der Waals surface area contributed by atoms with Crippen LogP contribution in [0, 0.1) is 17.8 Å². The summed E-state index contributed by atoms with van der Waals surface area (Å²) in [5, 5.41) is 38.9. The molecule has 2 fully saturated rings. The molecule has 19 heavy (non-hydrogen) atoms. The van der Waals surface area contributed by atoms with Gasteiger partial charge in [0.2, 0.25) is 0 Å². The van der Waals surface area contributed by atoms with Gasteiger partial charge in [0.25, 0.3) is 0 Å². The van der Waals surface area contributed by atoms with Crippen LogP contribution in [-0.4, -0.2) is 44.8 Å². The lowest BCUT2D eigenvalue weighted by Crippen LogP contribution is -2.41. The Hall–Kier alpha value is -0.160. The van der Waals surface area contributed by atoms with Crippen molar-refractivity contribution in [2.45, 2.75) is 76.3 Å². The van der Waals surface area contributed by atoms with E-state index in [1.165, 1.54) is 0 Å². The lowest BCUT2D eigenvalue weighted by atomic mass is 9.67. The van der Waals surface area contributed by atoms with Gasteiger partial charge in [-0.15, -0.1) is 0 Å². The van der Waals surface area contributed by atoms with Crippen molar-refractivity contribution in [1.29, 1.82) is 0 Å². The minimum Gasteiger partial charge on any atom is -0.390 e. The van der Waals surface area contributed by atoms with Gasteiger partial charge >= 0.3 is 0 Å². The highest BCUT2D eigenvalue weighted by atomic mass is 16.3. The van der Waals surface area contributed by atoms with Crippen molar-refractivity contribution < 1.29 is 20.4 Å². The van der Waals surface area contributed by atoms with Crippen LogP contribution in [0.5, 0.6) is 0 Å². The average Bonchev–Trinajstić information content (AvgIpc) is 2.39. The van der Waals surface area contributed by atoms with Crippen LogP contribution >= 0.6 is 0 Å². The molecule has 6 unspecified atom stereocenters. The van der Waals surface area contributed by atoms with Crippen molar-refractivity contribution in [3.8, 4) is 0 Å². The van der Waals surface area contributed by atoms with E-state index in [4.69, 9.17) is 0 Å². The minimum absolute atomic E-state index is 0.441. The minimum atomic E-state index is -0.591. The van der Waals surface area contributed by atoms with E-state index in [1.807, 2.05) is 0 Å². The molecule has 4 heteroatoms. The third kappa shape index (κ3) is 3.48. The van der Waals surface area contributed by atoms with Crippen molar-refractivity contribution in [1.82, 2.24) is 0 Å². The lowest BCUT2D eigenvalue weighted by molar-refractivity contribution is -0.0628. The Morgan fingerprint density at radius 1 is 0.737 bits per heavy atom. The van der Waals surface area contributed by atoms with Crippen LogP contribution < -0.4 is 0 Å². The van der Waals surface area contributed by atoms with E-state index >= 15 is 0 Å². The Morgan fingerprint density at radius 3 is 1.47 bits per heavy atom. The summed E-state index contributed by atoms with van der Waals surface area (Å²) in [6, 6.07) is 0. The van der Waals surface area contributed by atoms with E-state index in [9.17, 15) is 20.4 Å². The molecule has 2 saturated carbocycles. The molecule has 2 rings (SSSR count). The summed E-state index contributed by atoms with van der Waals surface area (Å²) < 4.78 is 0. The summed E-state index contributed by atoms with van der Waals surface area (Å²) in [4.78, 5) is 0. The van der Waals surface area contributed by atoms with Gasteiger partial charge in [-0.3, -0.25) is 0 Å². The molecule has 0 aromatic heterocycles. The fraction of sp³-hybridized carbons (Fsp3) is 1.00. The van der Waals surface area contributed by atoms with Crippen molar-refractivity contribution in [2.75, 3.05) is 0 Å². The highest BCUT2D eigenvalue weighted by Crippen LogP contribution is 2.41. The summed E-state index contributed by atoms with van der Waals surface area (Å²) in [5.41, 5.74) is 0. The second-order valence-corrected chi connectivity index (χ2v) is 6.49. The topological polar surface area (TPSA) is 80.9 Å². The van der Waals surface area contributed by atoms with Gasteiger partial charge in [-0.05, 0) is 56.3 Å². The third-order valence-electron chi connectivity index (χ3n) is 5.33.